The Balaban J connectivity index is 1.30. The highest BCUT2D eigenvalue weighted by molar-refractivity contribution is 9.10. The van der Waals surface area contributed by atoms with Gasteiger partial charge in [0.1, 0.15) is 5.82 Å². The molecule has 2 aromatic carbocycles. The summed E-state index contributed by atoms with van der Waals surface area (Å²) in [6, 6.07) is 13.7. The van der Waals surface area contributed by atoms with E-state index in [2.05, 4.69) is 75.6 Å². The van der Waals surface area contributed by atoms with E-state index in [9.17, 15) is 0 Å². The second-order valence-corrected chi connectivity index (χ2v) is 10.0. The Morgan fingerprint density at radius 1 is 1.10 bits per heavy atom. The molecule has 1 fully saturated rings. The number of fused-ring (bicyclic) bond motifs is 2. The van der Waals surface area contributed by atoms with Crippen molar-refractivity contribution in [1.82, 2.24) is 14.5 Å². The SMILES string of the molecule is CO[C@@H]1CN(C[C@H]2Cc3ccc(Br)cc3C2)CCC1n1c(C)nc2cc(C)ccc21. The zero-order valence-corrected chi connectivity index (χ0v) is 19.7. The number of nitrogens with zero attached hydrogens (tertiary/aromatic N) is 3. The number of aromatic nitrogens is 2. The van der Waals surface area contributed by atoms with Crippen LogP contribution in [0.3, 0.4) is 0 Å². The van der Waals surface area contributed by atoms with Crippen molar-refractivity contribution in [2.75, 3.05) is 26.7 Å². The summed E-state index contributed by atoms with van der Waals surface area (Å²) in [4.78, 5) is 7.46. The molecule has 0 N–H and O–H groups in total. The Kier molecular flexibility index (Phi) is 5.46. The molecule has 5 rings (SSSR count). The molecule has 5 heteroatoms. The van der Waals surface area contributed by atoms with Gasteiger partial charge in [-0.2, -0.15) is 0 Å². The van der Waals surface area contributed by atoms with Gasteiger partial charge in [-0.05, 0) is 80.0 Å². The molecule has 0 radical (unpaired) electrons. The minimum Gasteiger partial charge on any atom is -0.378 e. The predicted molar refractivity (Wildman–Crippen MR) is 125 cm³/mol. The van der Waals surface area contributed by atoms with Crippen LogP contribution in [0.5, 0.6) is 0 Å². The number of piperidine rings is 1. The molecule has 2 heterocycles. The topological polar surface area (TPSA) is 30.3 Å². The van der Waals surface area contributed by atoms with Crippen LogP contribution in [0.1, 0.15) is 35.0 Å². The lowest BCUT2D eigenvalue weighted by Gasteiger charge is -2.40. The Morgan fingerprint density at radius 2 is 1.93 bits per heavy atom. The standard InChI is InChI=1S/C25H30BrN3O/c1-16-4-7-23-22(10-16)27-17(2)29(23)24-8-9-28(15-25(24)30-3)14-18-11-19-5-6-21(26)13-20(19)12-18/h4-7,10,13,18,24-25H,8-9,11-12,14-15H2,1-3H3/t18-,24?,25+/m0/s1. The van der Waals surface area contributed by atoms with Gasteiger partial charge in [-0.1, -0.05) is 28.1 Å². The number of imidazole rings is 1. The van der Waals surface area contributed by atoms with Crippen molar-refractivity contribution < 1.29 is 4.74 Å². The molecule has 1 saturated heterocycles. The number of aryl methyl sites for hydroxylation is 2. The number of likely N-dealkylation sites (tertiary alicyclic amines) is 1. The maximum Gasteiger partial charge on any atom is 0.107 e. The monoisotopic (exact) mass is 467 g/mol. The number of halogens is 1. The molecular formula is C25H30BrN3O. The average molecular weight is 468 g/mol. The van der Waals surface area contributed by atoms with E-state index in [4.69, 9.17) is 9.72 Å². The largest absolute Gasteiger partial charge is 0.378 e. The van der Waals surface area contributed by atoms with Gasteiger partial charge in [-0.15, -0.1) is 0 Å². The summed E-state index contributed by atoms with van der Waals surface area (Å²) in [7, 11) is 1.86. The second kappa shape index (κ2) is 8.10. The molecule has 158 valence electrons. The lowest BCUT2D eigenvalue weighted by Crippen LogP contribution is -2.47. The molecule has 30 heavy (non-hydrogen) atoms. The average Bonchev–Trinajstić information content (AvgIpc) is 3.26. The van der Waals surface area contributed by atoms with E-state index >= 15 is 0 Å². The zero-order chi connectivity index (χ0) is 20.8. The van der Waals surface area contributed by atoms with Gasteiger partial charge in [0.05, 0.1) is 23.2 Å². The van der Waals surface area contributed by atoms with E-state index in [1.54, 1.807) is 0 Å². The van der Waals surface area contributed by atoms with Gasteiger partial charge >= 0.3 is 0 Å². The molecule has 0 saturated carbocycles. The number of hydrogen-bond acceptors (Lipinski definition) is 3. The van der Waals surface area contributed by atoms with Gasteiger partial charge in [0, 0.05) is 31.2 Å². The van der Waals surface area contributed by atoms with Crippen molar-refractivity contribution in [3.63, 3.8) is 0 Å². The molecule has 1 aliphatic heterocycles. The van der Waals surface area contributed by atoms with Gasteiger partial charge < -0.3 is 14.2 Å². The Labute approximate surface area is 187 Å². The van der Waals surface area contributed by atoms with E-state index in [-0.39, 0.29) is 6.10 Å². The first-order chi connectivity index (χ1) is 14.5. The molecule has 3 atom stereocenters. The molecule has 2 aliphatic rings. The molecular weight excluding hydrogens is 438 g/mol. The molecule has 1 aliphatic carbocycles. The first kappa shape index (κ1) is 20.2. The summed E-state index contributed by atoms with van der Waals surface area (Å²) in [5.74, 6) is 1.80. The zero-order valence-electron chi connectivity index (χ0n) is 18.1. The summed E-state index contributed by atoms with van der Waals surface area (Å²) in [5, 5.41) is 0. The molecule has 0 amide bonds. The van der Waals surface area contributed by atoms with Crippen molar-refractivity contribution in [2.24, 2.45) is 5.92 Å². The molecule has 3 aromatic rings. The second-order valence-electron chi connectivity index (χ2n) is 9.10. The summed E-state index contributed by atoms with van der Waals surface area (Å²) in [6.45, 7) is 7.52. The van der Waals surface area contributed by atoms with Crippen molar-refractivity contribution in [2.45, 2.75) is 45.3 Å². The third kappa shape index (κ3) is 3.72. The molecule has 1 aromatic heterocycles. The number of methoxy groups -OCH3 is 1. The quantitative estimate of drug-likeness (QED) is 0.534. The Morgan fingerprint density at radius 3 is 2.77 bits per heavy atom. The van der Waals surface area contributed by atoms with E-state index in [1.807, 2.05) is 7.11 Å². The van der Waals surface area contributed by atoms with Crippen LogP contribution in [0.2, 0.25) is 0 Å². The minimum atomic E-state index is 0.189. The lowest BCUT2D eigenvalue weighted by molar-refractivity contribution is -0.00928. The van der Waals surface area contributed by atoms with E-state index in [0.29, 0.717) is 12.0 Å². The normalized spacial score (nSPS) is 24.5. The Bertz CT molecular complexity index is 1080. The Hall–Kier alpha value is -1.69. The summed E-state index contributed by atoms with van der Waals surface area (Å²) in [6.07, 6.45) is 3.68. The fourth-order valence-corrected chi connectivity index (χ4v) is 5.99. The van der Waals surface area contributed by atoms with Gasteiger partial charge in [0.15, 0.2) is 0 Å². The third-order valence-corrected chi connectivity index (χ3v) is 7.46. The fourth-order valence-electron chi connectivity index (χ4n) is 5.58. The van der Waals surface area contributed by atoms with Crippen LogP contribution >= 0.6 is 15.9 Å². The smallest absolute Gasteiger partial charge is 0.107 e. The summed E-state index contributed by atoms with van der Waals surface area (Å²) >= 11 is 3.62. The number of hydrogen-bond donors (Lipinski definition) is 0. The molecule has 4 nitrogen and oxygen atoms in total. The van der Waals surface area contributed by atoms with E-state index < -0.39 is 0 Å². The van der Waals surface area contributed by atoms with Crippen LogP contribution < -0.4 is 0 Å². The number of benzene rings is 2. The van der Waals surface area contributed by atoms with Crippen LogP contribution in [0.4, 0.5) is 0 Å². The highest BCUT2D eigenvalue weighted by Gasteiger charge is 2.34. The van der Waals surface area contributed by atoms with E-state index in [1.165, 1.54) is 39.5 Å². The summed E-state index contributed by atoms with van der Waals surface area (Å²) < 4.78 is 9.65. The highest BCUT2D eigenvalue weighted by atomic mass is 79.9. The maximum atomic E-state index is 6.03. The summed E-state index contributed by atoms with van der Waals surface area (Å²) in [5.41, 5.74) is 6.63. The number of rotatable bonds is 4. The third-order valence-electron chi connectivity index (χ3n) is 6.97. The van der Waals surface area contributed by atoms with E-state index in [0.717, 1.165) is 37.4 Å². The highest BCUT2D eigenvalue weighted by Crippen LogP contribution is 2.33. The van der Waals surface area contributed by atoms with Gasteiger partial charge in [-0.25, -0.2) is 4.98 Å². The van der Waals surface area contributed by atoms with Crippen molar-refractivity contribution in [3.05, 3.63) is 63.4 Å². The number of ether oxygens (including phenoxy) is 1. The molecule has 1 unspecified atom stereocenters. The van der Waals surface area contributed by atoms with Crippen LogP contribution in [0, 0.1) is 19.8 Å². The van der Waals surface area contributed by atoms with Crippen molar-refractivity contribution in [1.29, 1.82) is 0 Å². The first-order valence-electron chi connectivity index (χ1n) is 11.0. The molecule has 0 spiro atoms. The van der Waals surface area contributed by atoms with Gasteiger partial charge in [0.25, 0.3) is 0 Å². The maximum absolute atomic E-state index is 6.03. The fraction of sp³-hybridized carbons (Fsp3) is 0.480. The van der Waals surface area contributed by atoms with Crippen LogP contribution in [-0.4, -0.2) is 47.3 Å². The molecule has 0 bridgehead atoms. The van der Waals surface area contributed by atoms with Crippen molar-refractivity contribution >= 4 is 27.0 Å². The van der Waals surface area contributed by atoms with Crippen molar-refractivity contribution in [3.8, 4) is 0 Å². The predicted octanol–water partition coefficient (Wildman–Crippen LogP) is 5.09. The van der Waals surface area contributed by atoms with Crippen LogP contribution in [0.15, 0.2) is 40.9 Å². The first-order valence-corrected chi connectivity index (χ1v) is 11.8. The van der Waals surface area contributed by atoms with Gasteiger partial charge in [0.2, 0.25) is 0 Å². The van der Waals surface area contributed by atoms with Gasteiger partial charge in [-0.3, -0.25) is 0 Å². The van der Waals surface area contributed by atoms with Crippen LogP contribution in [0.25, 0.3) is 11.0 Å². The lowest BCUT2D eigenvalue weighted by atomic mass is 9.98. The van der Waals surface area contributed by atoms with Crippen LogP contribution in [-0.2, 0) is 17.6 Å². The minimum absolute atomic E-state index is 0.189.